The van der Waals surface area contributed by atoms with Gasteiger partial charge in [0.15, 0.2) is 0 Å². The summed E-state index contributed by atoms with van der Waals surface area (Å²) in [6.07, 6.45) is 2.93. The Morgan fingerprint density at radius 2 is 1.81 bits per heavy atom. The van der Waals surface area contributed by atoms with Gasteiger partial charge in [-0.2, -0.15) is 0 Å². The third-order valence-electron chi connectivity index (χ3n) is 3.82. The number of nitrogens with two attached hydrogens (primary N) is 3. The molecule has 0 saturated carbocycles. The van der Waals surface area contributed by atoms with E-state index < -0.39 is 12.0 Å². The third-order valence-corrected chi connectivity index (χ3v) is 3.82. The number of carboxylic acid groups (broad SMARTS) is 1. The molecule has 32 heavy (non-hydrogen) atoms. The summed E-state index contributed by atoms with van der Waals surface area (Å²) < 4.78 is 5.21. The molecule has 0 unspecified atom stereocenters. The van der Waals surface area contributed by atoms with Crippen molar-refractivity contribution in [1.82, 2.24) is 0 Å². The average Bonchev–Trinajstić information content (AvgIpc) is 2.75. The Bertz CT molecular complexity index is 812. The molecule has 0 heterocycles. The number of carbonyl (C=O) groups excluding carboxylic acids is 2. The van der Waals surface area contributed by atoms with E-state index in [1.165, 1.54) is 6.92 Å². The number of hydrogen-bond acceptors (Lipinski definition) is 7. The smallest absolute Gasteiger partial charge is 0.320 e. The average molecular weight is 447 g/mol. The van der Waals surface area contributed by atoms with Crippen LogP contribution in [0.3, 0.4) is 0 Å². The molecule has 0 aliphatic heterocycles. The molecule has 0 radical (unpaired) electrons. The largest absolute Gasteiger partial charge is 0.494 e. The molecule has 2 rings (SSSR count). The van der Waals surface area contributed by atoms with Gasteiger partial charge >= 0.3 is 5.97 Å². The second-order valence-electron chi connectivity index (χ2n) is 6.66. The van der Waals surface area contributed by atoms with Gasteiger partial charge in [-0.25, -0.2) is 0 Å². The predicted octanol–water partition coefficient (Wildman–Crippen LogP) is 2.65. The zero-order valence-electron chi connectivity index (χ0n) is 18.6. The number of hydrogen-bond donors (Lipinski definition) is 5. The van der Waals surface area contributed by atoms with Crippen LogP contribution in [0.4, 0.5) is 11.4 Å². The van der Waals surface area contributed by atoms with Crippen LogP contribution >= 0.6 is 0 Å². The molecule has 0 saturated heterocycles. The summed E-state index contributed by atoms with van der Waals surface area (Å²) in [6.45, 7) is 4.67. The van der Waals surface area contributed by atoms with Gasteiger partial charge in [0.25, 0.3) is 0 Å². The number of carboxylic acids is 1. The molecule has 9 heteroatoms. The maximum Gasteiger partial charge on any atom is 0.320 e. The zero-order chi connectivity index (χ0) is 24.4. The Labute approximate surface area is 188 Å². The van der Waals surface area contributed by atoms with Crippen molar-refractivity contribution in [3.8, 4) is 5.75 Å². The highest BCUT2D eigenvalue weighted by Gasteiger charge is 2.09. The highest BCUT2D eigenvalue weighted by atomic mass is 16.5. The van der Waals surface area contributed by atoms with Crippen LogP contribution in [0.25, 0.3) is 0 Å². The lowest BCUT2D eigenvalue weighted by Crippen LogP contribution is -2.29. The minimum absolute atomic E-state index is 0.117. The van der Waals surface area contributed by atoms with Gasteiger partial charge < -0.3 is 32.4 Å². The Morgan fingerprint density at radius 3 is 2.28 bits per heavy atom. The van der Waals surface area contributed by atoms with Crippen LogP contribution in [0.2, 0.25) is 0 Å². The second-order valence-corrected chi connectivity index (χ2v) is 6.66. The molecule has 0 bridgehead atoms. The number of amides is 1. The first-order chi connectivity index (χ1) is 15.2. The first kappa shape index (κ1) is 28.6. The molecule has 9 nitrogen and oxygen atoms in total. The first-order valence-electron chi connectivity index (χ1n) is 10.2. The summed E-state index contributed by atoms with van der Waals surface area (Å²) in [5.41, 5.74) is 18.0. The molecule has 1 atom stereocenters. The number of aliphatic carboxylic acids is 1. The van der Waals surface area contributed by atoms with E-state index in [0.29, 0.717) is 30.8 Å². The predicted molar refractivity (Wildman–Crippen MR) is 127 cm³/mol. The van der Waals surface area contributed by atoms with E-state index in [2.05, 4.69) is 5.32 Å². The Balaban J connectivity index is 0.000000454. The minimum Gasteiger partial charge on any atom is -0.494 e. The standard InChI is InChI=1S/C9H9NO2.C8H11NO.C6H14N2O2/c1-7(12)10-9-4-2-8(6-11)3-5-9;1-2-10-8-5-3-4-7(9)6-8;7-4-2-1-3-5(8)6(9)10/h2-6H,1H3,(H,10,12);3-6H,2,9H2,1H3;5H,1-4,7-8H2,(H,9,10)/t;;5-/m..0/s1. The second kappa shape index (κ2) is 17.3. The van der Waals surface area contributed by atoms with Gasteiger partial charge in [0.2, 0.25) is 5.91 Å². The lowest BCUT2D eigenvalue weighted by molar-refractivity contribution is -0.138. The molecule has 176 valence electrons. The maximum absolute atomic E-state index is 10.6. The van der Waals surface area contributed by atoms with Gasteiger partial charge in [0.1, 0.15) is 18.1 Å². The number of rotatable bonds is 9. The minimum atomic E-state index is -0.933. The van der Waals surface area contributed by atoms with E-state index in [1.54, 1.807) is 24.3 Å². The molecule has 0 fully saturated rings. The van der Waals surface area contributed by atoms with E-state index in [9.17, 15) is 14.4 Å². The van der Waals surface area contributed by atoms with Crippen molar-refractivity contribution in [2.45, 2.75) is 39.2 Å². The van der Waals surface area contributed by atoms with Crippen LogP contribution in [-0.4, -0.2) is 42.5 Å². The molecule has 1 amide bonds. The molecule has 0 aliphatic carbocycles. The number of unbranched alkanes of at least 4 members (excludes halogenated alkanes) is 1. The van der Waals surface area contributed by atoms with E-state index in [0.717, 1.165) is 30.6 Å². The van der Waals surface area contributed by atoms with Gasteiger partial charge in [0, 0.05) is 29.9 Å². The number of aldehydes is 1. The van der Waals surface area contributed by atoms with Gasteiger partial charge in [-0.05, 0) is 62.7 Å². The van der Waals surface area contributed by atoms with Crippen molar-refractivity contribution >= 4 is 29.5 Å². The summed E-state index contributed by atoms with van der Waals surface area (Å²) in [7, 11) is 0. The van der Waals surface area contributed by atoms with Crippen LogP contribution in [0, 0.1) is 0 Å². The number of carbonyl (C=O) groups is 3. The molecule has 0 aliphatic rings. The maximum atomic E-state index is 10.6. The van der Waals surface area contributed by atoms with Gasteiger partial charge in [-0.3, -0.25) is 14.4 Å². The summed E-state index contributed by atoms with van der Waals surface area (Å²) >= 11 is 0. The fourth-order valence-corrected chi connectivity index (χ4v) is 2.25. The number of nitrogens with one attached hydrogen (secondary N) is 1. The molecular formula is C23H34N4O5. The van der Waals surface area contributed by atoms with Gasteiger partial charge in [0.05, 0.1) is 6.61 Å². The van der Waals surface area contributed by atoms with Crippen molar-refractivity contribution in [3.63, 3.8) is 0 Å². The molecule has 2 aromatic carbocycles. The lowest BCUT2D eigenvalue weighted by Gasteiger charge is -2.03. The fourth-order valence-electron chi connectivity index (χ4n) is 2.25. The van der Waals surface area contributed by atoms with E-state index in [-0.39, 0.29) is 5.91 Å². The molecule has 0 spiro atoms. The normalized spacial score (nSPS) is 10.4. The topological polar surface area (TPSA) is 171 Å². The third kappa shape index (κ3) is 14.5. The van der Waals surface area contributed by atoms with Crippen LogP contribution in [0.15, 0.2) is 48.5 Å². The highest BCUT2D eigenvalue weighted by molar-refractivity contribution is 5.89. The van der Waals surface area contributed by atoms with Crippen LogP contribution in [0.1, 0.15) is 43.5 Å². The molecule has 0 aromatic heterocycles. The fraction of sp³-hybridized carbons (Fsp3) is 0.348. The van der Waals surface area contributed by atoms with E-state index in [4.69, 9.17) is 27.0 Å². The van der Waals surface area contributed by atoms with Gasteiger partial charge in [-0.1, -0.05) is 12.5 Å². The number of anilines is 2. The highest BCUT2D eigenvalue weighted by Crippen LogP contribution is 2.13. The summed E-state index contributed by atoms with van der Waals surface area (Å²) in [6, 6.07) is 13.4. The van der Waals surface area contributed by atoms with Crippen LogP contribution in [-0.2, 0) is 9.59 Å². The first-order valence-corrected chi connectivity index (χ1v) is 10.2. The van der Waals surface area contributed by atoms with Crippen molar-refractivity contribution < 1.29 is 24.2 Å². The van der Waals surface area contributed by atoms with Crippen molar-refractivity contribution in [1.29, 1.82) is 0 Å². The van der Waals surface area contributed by atoms with E-state index in [1.807, 2.05) is 31.2 Å². The van der Waals surface area contributed by atoms with Crippen LogP contribution < -0.4 is 27.3 Å². The Kier molecular flexibility index (Phi) is 15.4. The molecule has 8 N–H and O–H groups in total. The number of ether oxygens (including phenoxy) is 1. The summed E-state index contributed by atoms with van der Waals surface area (Å²) in [5.74, 6) is -0.214. The van der Waals surface area contributed by atoms with Gasteiger partial charge in [-0.15, -0.1) is 0 Å². The summed E-state index contributed by atoms with van der Waals surface area (Å²) in [4.78, 5) is 31.0. The van der Waals surface area contributed by atoms with E-state index >= 15 is 0 Å². The molecular weight excluding hydrogens is 412 g/mol. The van der Waals surface area contributed by atoms with Crippen molar-refractivity contribution in [3.05, 3.63) is 54.1 Å². The lowest BCUT2D eigenvalue weighted by atomic mass is 10.1. The number of benzene rings is 2. The van der Waals surface area contributed by atoms with Crippen molar-refractivity contribution in [2.75, 3.05) is 24.2 Å². The quantitative estimate of drug-likeness (QED) is 0.222. The summed E-state index contributed by atoms with van der Waals surface area (Å²) in [5, 5.41) is 10.9. The Morgan fingerprint density at radius 1 is 1.16 bits per heavy atom. The zero-order valence-corrected chi connectivity index (χ0v) is 18.6. The van der Waals surface area contributed by atoms with Crippen molar-refractivity contribution in [2.24, 2.45) is 11.5 Å². The number of nitrogen functional groups attached to an aromatic ring is 1. The SMILES string of the molecule is CC(=O)Nc1ccc(C=O)cc1.CCOc1cccc(N)c1.NCCCC[C@H](N)C(=O)O. The monoisotopic (exact) mass is 446 g/mol. The Hall–Kier alpha value is -3.43. The molecule has 2 aromatic rings. The van der Waals surface area contributed by atoms with Crippen LogP contribution in [0.5, 0.6) is 5.75 Å².